The standard InChI is InChI=1S/C17H22N2O/c1-14-7-9-15(10-8-14)13-16(19-18)11-12-20-17-5-3-2-4-6-17/h2-10,16,19H,11-13,18H2,1H3. The second-order valence-electron chi connectivity index (χ2n) is 5.00. The quantitative estimate of drug-likeness (QED) is 0.601. The summed E-state index contributed by atoms with van der Waals surface area (Å²) in [5.74, 6) is 6.53. The highest BCUT2D eigenvalue weighted by atomic mass is 16.5. The average molecular weight is 270 g/mol. The minimum Gasteiger partial charge on any atom is -0.494 e. The van der Waals surface area contributed by atoms with Crippen molar-refractivity contribution in [2.45, 2.75) is 25.8 Å². The van der Waals surface area contributed by atoms with Gasteiger partial charge >= 0.3 is 0 Å². The number of rotatable bonds is 7. The summed E-state index contributed by atoms with van der Waals surface area (Å²) in [6.45, 7) is 2.75. The normalized spacial score (nSPS) is 12.1. The summed E-state index contributed by atoms with van der Waals surface area (Å²) in [6.07, 6.45) is 1.79. The Kier molecular flexibility index (Phi) is 5.59. The summed E-state index contributed by atoms with van der Waals surface area (Å²) >= 11 is 0. The third-order valence-electron chi connectivity index (χ3n) is 3.32. The van der Waals surface area contributed by atoms with E-state index in [-0.39, 0.29) is 6.04 Å². The lowest BCUT2D eigenvalue weighted by Crippen LogP contribution is -2.37. The lowest BCUT2D eigenvalue weighted by Gasteiger charge is -2.16. The van der Waals surface area contributed by atoms with Gasteiger partial charge in [-0.1, -0.05) is 48.0 Å². The zero-order valence-electron chi connectivity index (χ0n) is 11.9. The van der Waals surface area contributed by atoms with Crippen molar-refractivity contribution in [1.29, 1.82) is 0 Å². The molecule has 3 N–H and O–H groups in total. The van der Waals surface area contributed by atoms with Crippen molar-refractivity contribution < 1.29 is 4.74 Å². The number of hydrogen-bond donors (Lipinski definition) is 2. The molecule has 0 saturated carbocycles. The van der Waals surface area contributed by atoms with Crippen molar-refractivity contribution in [3.63, 3.8) is 0 Å². The molecule has 0 bridgehead atoms. The topological polar surface area (TPSA) is 47.3 Å². The number of hydrogen-bond acceptors (Lipinski definition) is 3. The molecule has 0 amide bonds. The highest BCUT2D eigenvalue weighted by Crippen LogP contribution is 2.11. The molecule has 0 aromatic heterocycles. The van der Waals surface area contributed by atoms with Gasteiger partial charge in [0.25, 0.3) is 0 Å². The van der Waals surface area contributed by atoms with Crippen molar-refractivity contribution >= 4 is 0 Å². The van der Waals surface area contributed by atoms with Gasteiger partial charge in [-0.25, -0.2) is 0 Å². The Morgan fingerprint density at radius 3 is 2.40 bits per heavy atom. The summed E-state index contributed by atoms with van der Waals surface area (Å²) in [4.78, 5) is 0. The van der Waals surface area contributed by atoms with Gasteiger partial charge in [-0.3, -0.25) is 11.3 Å². The van der Waals surface area contributed by atoms with E-state index in [1.807, 2.05) is 30.3 Å². The van der Waals surface area contributed by atoms with Crippen LogP contribution >= 0.6 is 0 Å². The molecule has 0 fully saturated rings. The molecule has 0 spiro atoms. The van der Waals surface area contributed by atoms with E-state index in [1.165, 1.54) is 11.1 Å². The molecule has 0 saturated heterocycles. The van der Waals surface area contributed by atoms with Crippen LogP contribution in [0.15, 0.2) is 54.6 Å². The van der Waals surface area contributed by atoms with Gasteiger partial charge in [0.05, 0.1) is 6.61 Å². The Labute approximate surface area is 120 Å². The molecule has 1 atom stereocenters. The first-order valence-corrected chi connectivity index (χ1v) is 6.97. The van der Waals surface area contributed by atoms with Gasteiger partial charge in [0, 0.05) is 6.04 Å². The predicted molar refractivity (Wildman–Crippen MR) is 82.5 cm³/mol. The highest BCUT2D eigenvalue weighted by Gasteiger charge is 2.08. The molecule has 20 heavy (non-hydrogen) atoms. The first kappa shape index (κ1) is 14.6. The SMILES string of the molecule is Cc1ccc(CC(CCOc2ccccc2)NN)cc1. The van der Waals surface area contributed by atoms with Crippen molar-refractivity contribution in [2.24, 2.45) is 5.84 Å². The van der Waals surface area contributed by atoms with Gasteiger partial charge in [-0.15, -0.1) is 0 Å². The molecule has 2 rings (SSSR count). The Hall–Kier alpha value is -1.84. The first-order valence-electron chi connectivity index (χ1n) is 6.97. The van der Waals surface area contributed by atoms with Crippen molar-refractivity contribution in [3.8, 4) is 5.75 Å². The molecular formula is C17H22N2O. The molecule has 3 heteroatoms. The van der Waals surface area contributed by atoms with Crippen LogP contribution < -0.4 is 16.0 Å². The fourth-order valence-electron chi connectivity index (χ4n) is 2.09. The molecule has 0 aliphatic carbocycles. The molecular weight excluding hydrogens is 248 g/mol. The van der Waals surface area contributed by atoms with E-state index in [1.54, 1.807) is 0 Å². The second kappa shape index (κ2) is 7.68. The van der Waals surface area contributed by atoms with Gasteiger partial charge in [-0.05, 0) is 37.5 Å². The Bertz CT molecular complexity index is 496. The highest BCUT2D eigenvalue weighted by molar-refractivity contribution is 5.22. The number of aryl methyl sites for hydroxylation is 1. The predicted octanol–water partition coefficient (Wildman–Crippen LogP) is 2.84. The number of benzene rings is 2. The van der Waals surface area contributed by atoms with E-state index >= 15 is 0 Å². The number of para-hydroxylation sites is 1. The number of nitrogens with one attached hydrogen (secondary N) is 1. The molecule has 0 aliphatic heterocycles. The zero-order chi connectivity index (χ0) is 14.2. The van der Waals surface area contributed by atoms with Gasteiger partial charge in [0.15, 0.2) is 0 Å². The van der Waals surface area contributed by atoms with Crippen LogP contribution in [0, 0.1) is 6.92 Å². The Balaban J connectivity index is 1.79. The Morgan fingerprint density at radius 2 is 1.75 bits per heavy atom. The molecule has 106 valence electrons. The third kappa shape index (κ3) is 4.68. The molecule has 1 unspecified atom stereocenters. The maximum absolute atomic E-state index is 5.70. The van der Waals surface area contributed by atoms with E-state index in [0.29, 0.717) is 6.61 Å². The van der Waals surface area contributed by atoms with Crippen molar-refractivity contribution in [2.75, 3.05) is 6.61 Å². The monoisotopic (exact) mass is 270 g/mol. The maximum Gasteiger partial charge on any atom is 0.119 e. The summed E-state index contributed by atoms with van der Waals surface area (Å²) in [7, 11) is 0. The fourth-order valence-corrected chi connectivity index (χ4v) is 2.09. The largest absolute Gasteiger partial charge is 0.494 e. The first-order chi connectivity index (χ1) is 9.78. The van der Waals surface area contributed by atoms with Crippen LogP contribution in [-0.4, -0.2) is 12.6 Å². The minimum absolute atomic E-state index is 0.224. The summed E-state index contributed by atoms with van der Waals surface area (Å²) in [5.41, 5.74) is 5.44. The molecule has 3 nitrogen and oxygen atoms in total. The van der Waals surface area contributed by atoms with Crippen LogP contribution in [0.3, 0.4) is 0 Å². The zero-order valence-corrected chi connectivity index (χ0v) is 11.9. The van der Waals surface area contributed by atoms with Crippen LogP contribution in [0.2, 0.25) is 0 Å². The summed E-state index contributed by atoms with van der Waals surface area (Å²) < 4.78 is 5.70. The van der Waals surface area contributed by atoms with Crippen LogP contribution in [0.4, 0.5) is 0 Å². The summed E-state index contributed by atoms with van der Waals surface area (Å²) in [6, 6.07) is 18.6. The van der Waals surface area contributed by atoms with Crippen LogP contribution in [0.5, 0.6) is 5.75 Å². The van der Waals surface area contributed by atoms with Crippen LogP contribution in [0.25, 0.3) is 0 Å². The Morgan fingerprint density at radius 1 is 1.05 bits per heavy atom. The number of nitrogens with two attached hydrogens (primary N) is 1. The van der Waals surface area contributed by atoms with Gasteiger partial charge in [-0.2, -0.15) is 0 Å². The van der Waals surface area contributed by atoms with Crippen LogP contribution in [-0.2, 0) is 6.42 Å². The van der Waals surface area contributed by atoms with Gasteiger partial charge < -0.3 is 4.74 Å². The van der Waals surface area contributed by atoms with Gasteiger partial charge in [0.2, 0.25) is 0 Å². The van der Waals surface area contributed by atoms with Crippen molar-refractivity contribution in [1.82, 2.24) is 5.43 Å². The number of ether oxygens (including phenoxy) is 1. The summed E-state index contributed by atoms with van der Waals surface area (Å²) in [5, 5.41) is 0. The molecule has 2 aromatic carbocycles. The van der Waals surface area contributed by atoms with E-state index in [0.717, 1.165) is 18.6 Å². The average Bonchev–Trinajstić information content (AvgIpc) is 2.49. The van der Waals surface area contributed by atoms with Crippen molar-refractivity contribution in [3.05, 3.63) is 65.7 Å². The second-order valence-corrected chi connectivity index (χ2v) is 5.00. The molecule has 0 heterocycles. The van der Waals surface area contributed by atoms with E-state index in [9.17, 15) is 0 Å². The van der Waals surface area contributed by atoms with Crippen LogP contribution in [0.1, 0.15) is 17.5 Å². The molecule has 2 aromatic rings. The third-order valence-corrected chi connectivity index (χ3v) is 3.32. The fraction of sp³-hybridized carbons (Fsp3) is 0.294. The lowest BCUT2D eigenvalue weighted by atomic mass is 10.0. The molecule has 0 aliphatic rings. The smallest absolute Gasteiger partial charge is 0.119 e. The lowest BCUT2D eigenvalue weighted by molar-refractivity contribution is 0.285. The van der Waals surface area contributed by atoms with Gasteiger partial charge in [0.1, 0.15) is 5.75 Å². The van der Waals surface area contributed by atoms with E-state index in [4.69, 9.17) is 10.6 Å². The number of hydrazine groups is 1. The minimum atomic E-state index is 0.224. The molecule has 0 radical (unpaired) electrons. The maximum atomic E-state index is 5.70. The van der Waals surface area contributed by atoms with E-state index < -0.39 is 0 Å². The van der Waals surface area contributed by atoms with E-state index in [2.05, 4.69) is 36.6 Å².